The first kappa shape index (κ1) is 53.4. The molecule has 63 heavy (non-hydrogen) atoms. The van der Waals surface area contributed by atoms with Crippen molar-refractivity contribution < 1.29 is 51.7 Å². The number of halogens is 3. The van der Waals surface area contributed by atoms with Crippen LogP contribution in [0.25, 0.3) is 0 Å². The minimum absolute atomic E-state index is 0.0353. The number of piperidine rings is 1. The molecule has 360 valence electrons. The van der Waals surface area contributed by atoms with E-state index in [0.717, 1.165) is 64.5 Å². The highest BCUT2D eigenvalue weighted by Gasteiger charge is 2.70. The third kappa shape index (κ3) is 15.6. The predicted octanol–water partition coefficient (Wildman–Crippen LogP) is 5.42. The van der Waals surface area contributed by atoms with E-state index in [0.29, 0.717) is 52.2 Å². The number of aliphatic imine (C=N–C) groups is 1. The lowest BCUT2D eigenvalue weighted by Crippen LogP contribution is -2.62. The molecular weight excluding hydrogens is 824 g/mol. The van der Waals surface area contributed by atoms with Crippen molar-refractivity contribution in [2.75, 3.05) is 65.5 Å². The average Bonchev–Trinajstić information content (AvgIpc) is 3.92. The molecule has 3 heterocycles. The number of aliphatic hydroxyl groups excluding tert-OH is 1. The normalized spacial score (nSPS) is 23.8. The molecule has 2 saturated carbocycles. The minimum atomic E-state index is -4.51. The van der Waals surface area contributed by atoms with Crippen molar-refractivity contribution >= 4 is 36.4 Å². The number of primary amides is 1. The van der Waals surface area contributed by atoms with Crippen molar-refractivity contribution in [3.63, 3.8) is 0 Å². The van der Waals surface area contributed by atoms with Gasteiger partial charge >= 0.3 is 12.3 Å². The third-order valence-electron chi connectivity index (χ3n) is 12.9. The first-order chi connectivity index (χ1) is 29.5. The summed E-state index contributed by atoms with van der Waals surface area (Å²) in [7, 11) is 0. The van der Waals surface area contributed by atoms with Crippen LogP contribution in [0.15, 0.2) is 16.8 Å². The molecule has 3 saturated heterocycles. The maximum atomic E-state index is 13.3. The Bertz CT molecular complexity index is 1580. The number of unbranched alkanes of at least 4 members (excludes halogenated alkanes) is 1. The number of rotatable bonds is 14. The lowest BCUT2D eigenvalue weighted by atomic mass is 9.75. The molecule has 1 atom stereocenters. The molecule has 0 aromatic heterocycles. The Labute approximate surface area is 372 Å². The van der Waals surface area contributed by atoms with Gasteiger partial charge in [0, 0.05) is 76.7 Å². The molecule has 5 aliphatic rings. The van der Waals surface area contributed by atoms with Crippen LogP contribution in [0.5, 0.6) is 0 Å². The van der Waals surface area contributed by atoms with Gasteiger partial charge in [0.2, 0.25) is 18.2 Å². The van der Waals surface area contributed by atoms with E-state index < -0.39 is 23.1 Å². The van der Waals surface area contributed by atoms with Crippen molar-refractivity contribution in [3.8, 4) is 0 Å². The van der Waals surface area contributed by atoms with Crippen LogP contribution < -0.4 is 11.5 Å². The molecule has 15 nitrogen and oxygen atoms in total. The standard InChI is InChI=1S/C26H38F3N5O4.C18H35NO3.CH3NO/c1-23(2,3)38-22(37)32-9-4-18(5-10-32)13-31-14-19(12-30)20(35)33-11-8-24(15-33)16-34(17-24)21(36)25(6-7-25)26(27,28)29;1-5-7-12-19(6-2)17(21)13-15(3)22-14-18(4)10-8-16(20)9-11-18;2-1-3/h12,14,18H,4-11,13,15-17,30H2,1-3H3;15-16,20H,5-14H2,1-4H3;1H,(H2,2,3)/b19-12+,31-14?;;. The third-order valence-corrected chi connectivity index (χ3v) is 12.9. The summed E-state index contributed by atoms with van der Waals surface area (Å²) in [6, 6.07) is 0. The van der Waals surface area contributed by atoms with E-state index in [4.69, 9.17) is 20.0 Å². The quantitative estimate of drug-likeness (QED) is 0.116. The topological polar surface area (TPSA) is 201 Å². The number of hydrogen-bond acceptors (Lipinski definition) is 10. The molecular formula is C45H76F3N7O8. The summed E-state index contributed by atoms with van der Waals surface area (Å²) in [5.74, 6) is -0.620. The Balaban J connectivity index is 0.000000359. The lowest BCUT2D eigenvalue weighted by molar-refractivity contribution is -0.204. The number of alkyl halides is 3. The van der Waals surface area contributed by atoms with Crippen LogP contribution in [-0.4, -0.2) is 151 Å². The van der Waals surface area contributed by atoms with E-state index >= 15 is 0 Å². The lowest BCUT2D eigenvalue weighted by Gasteiger charge is -2.49. The zero-order chi connectivity index (χ0) is 47.2. The Morgan fingerprint density at radius 3 is 2.02 bits per heavy atom. The fourth-order valence-corrected chi connectivity index (χ4v) is 8.63. The van der Waals surface area contributed by atoms with Crippen molar-refractivity contribution in [3.05, 3.63) is 11.8 Å². The smallest absolute Gasteiger partial charge is 0.410 e. The Hall–Kier alpha value is -3.93. The maximum Gasteiger partial charge on any atom is 0.410 e. The van der Waals surface area contributed by atoms with Crippen LogP contribution in [0.3, 0.4) is 0 Å². The number of carbonyl (C=O) groups is 5. The molecule has 0 bridgehead atoms. The number of carbonyl (C=O) groups excluding carboxylic acids is 5. The summed E-state index contributed by atoms with van der Waals surface area (Å²) in [6.07, 6.45) is 6.26. The van der Waals surface area contributed by atoms with Crippen molar-refractivity contribution in [1.82, 2.24) is 19.6 Å². The summed E-state index contributed by atoms with van der Waals surface area (Å²) >= 11 is 0. The monoisotopic (exact) mass is 900 g/mol. The molecule has 1 unspecified atom stereocenters. The second-order valence-electron chi connectivity index (χ2n) is 19.6. The van der Waals surface area contributed by atoms with Crippen LogP contribution in [0.1, 0.15) is 126 Å². The zero-order valence-electron chi connectivity index (χ0n) is 38.9. The number of ether oxygens (including phenoxy) is 2. The second kappa shape index (κ2) is 23.3. The number of likely N-dealkylation sites (tertiary alicyclic amines) is 3. The van der Waals surface area contributed by atoms with E-state index in [1.807, 2.05) is 39.5 Å². The van der Waals surface area contributed by atoms with Gasteiger partial charge in [-0.25, -0.2) is 4.79 Å². The number of amides is 5. The first-order valence-electron chi connectivity index (χ1n) is 22.8. The molecule has 5 fully saturated rings. The molecule has 5 rings (SSSR count). The summed E-state index contributed by atoms with van der Waals surface area (Å²) in [4.78, 5) is 69.6. The van der Waals surface area contributed by atoms with E-state index in [-0.39, 0.29) is 84.8 Å². The van der Waals surface area contributed by atoms with Gasteiger partial charge in [0.25, 0.3) is 5.91 Å². The van der Waals surface area contributed by atoms with Gasteiger partial charge in [-0.05, 0) is 110 Å². The summed E-state index contributed by atoms with van der Waals surface area (Å²) in [6.45, 7) is 19.2. The van der Waals surface area contributed by atoms with Gasteiger partial charge in [0.05, 0.1) is 30.8 Å². The molecule has 5 N–H and O–H groups in total. The number of nitrogens with two attached hydrogens (primary N) is 2. The highest BCUT2D eigenvalue weighted by atomic mass is 19.4. The molecule has 3 aliphatic heterocycles. The SMILES string of the molecule is CC(C)(C)OC(=O)N1CCC(CN=C/C(=C\N)C(=O)N2CCC3(C2)CN(C(=O)C2(C(F)(F)F)CC2)C3)CC1.CCCCN(CC)C(=O)CC(C)OCC1(C)CCC(O)CC1.NC=O. The van der Waals surface area contributed by atoms with Gasteiger partial charge in [0.1, 0.15) is 11.0 Å². The van der Waals surface area contributed by atoms with E-state index in [1.165, 1.54) is 17.3 Å². The summed E-state index contributed by atoms with van der Waals surface area (Å²) < 4.78 is 51.3. The van der Waals surface area contributed by atoms with Gasteiger partial charge in [-0.15, -0.1) is 0 Å². The van der Waals surface area contributed by atoms with Crippen molar-refractivity contribution in [2.45, 2.75) is 150 Å². The minimum Gasteiger partial charge on any atom is -0.444 e. The number of aliphatic hydroxyl groups is 1. The van der Waals surface area contributed by atoms with Crippen LogP contribution in [0.2, 0.25) is 0 Å². The molecule has 1 spiro atoms. The first-order valence-corrected chi connectivity index (χ1v) is 22.8. The zero-order valence-corrected chi connectivity index (χ0v) is 38.9. The Kier molecular flexibility index (Phi) is 19.8. The van der Waals surface area contributed by atoms with Crippen molar-refractivity contribution in [1.29, 1.82) is 0 Å². The van der Waals surface area contributed by atoms with Gasteiger partial charge < -0.3 is 45.6 Å². The van der Waals surface area contributed by atoms with Crippen LogP contribution in [0.4, 0.5) is 18.0 Å². The summed E-state index contributed by atoms with van der Waals surface area (Å²) in [5, 5.41) is 9.61. The molecule has 0 radical (unpaired) electrons. The van der Waals surface area contributed by atoms with Crippen LogP contribution in [0, 0.1) is 22.2 Å². The number of hydrogen-bond donors (Lipinski definition) is 3. The van der Waals surface area contributed by atoms with Gasteiger partial charge in [-0.3, -0.25) is 24.2 Å². The second-order valence-corrected chi connectivity index (χ2v) is 19.6. The highest BCUT2D eigenvalue weighted by molar-refractivity contribution is 6.12. The number of nitrogens with zero attached hydrogens (tertiary/aromatic N) is 5. The maximum absolute atomic E-state index is 13.3. The fourth-order valence-electron chi connectivity index (χ4n) is 8.63. The fraction of sp³-hybridized carbons (Fsp3) is 0.822. The molecule has 0 aromatic rings. The molecule has 5 amide bonds. The van der Waals surface area contributed by atoms with Crippen molar-refractivity contribution in [2.24, 2.45) is 38.6 Å². The highest BCUT2D eigenvalue weighted by Crippen LogP contribution is 2.60. The molecule has 18 heteroatoms. The predicted molar refractivity (Wildman–Crippen MR) is 234 cm³/mol. The average molecular weight is 900 g/mol. The Morgan fingerprint density at radius 1 is 0.921 bits per heavy atom. The van der Waals surface area contributed by atoms with Gasteiger partial charge in [-0.2, -0.15) is 13.2 Å². The molecule has 2 aliphatic carbocycles. The van der Waals surface area contributed by atoms with E-state index in [2.05, 4.69) is 24.6 Å². The van der Waals surface area contributed by atoms with Gasteiger partial charge in [0.15, 0.2) is 0 Å². The molecule has 0 aromatic carbocycles. The van der Waals surface area contributed by atoms with Gasteiger partial charge in [-0.1, -0.05) is 20.3 Å². The summed E-state index contributed by atoms with van der Waals surface area (Å²) in [5.41, 5.74) is 7.21. The van der Waals surface area contributed by atoms with E-state index in [9.17, 15) is 37.5 Å². The van der Waals surface area contributed by atoms with E-state index in [1.54, 1.807) is 9.80 Å². The van der Waals surface area contributed by atoms with Crippen LogP contribution in [-0.2, 0) is 28.7 Å². The Morgan fingerprint density at radius 2 is 1.51 bits per heavy atom. The largest absolute Gasteiger partial charge is 0.444 e. The van der Waals surface area contributed by atoms with Crippen LogP contribution >= 0.6 is 0 Å².